The van der Waals surface area contributed by atoms with Gasteiger partial charge in [0.1, 0.15) is 0 Å². The standard InChI is InChI=1S/C23H22BrClN2O3S/c1-16-3-12-22(17(2)13-16)26-23(28)15-27(14-18-4-6-19(24)7-5-18)31(29,30)21-10-8-20(25)9-11-21/h3-13H,14-15H2,1-2H3,(H,26,28). The number of rotatable bonds is 7. The second-order valence-electron chi connectivity index (χ2n) is 7.22. The second-order valence-corrected chi connectivity index (χ2v) is 10.5. The first kappa shape index (κ1) is 23.5. The van der Waals surface area contributed by atoms with Crippen molar-refractivity contribution in [2.45, 2.75) is 25.3 Å². The van der Waals surface area contributed by atoms with Gasteiger partial charge >= 0.3 is 0 Å². The van der Waals surface area contributed by atoms with E-state index in [2.05, 4.69) is 21.2 Å². The number of carbonyl (C=O) groups excluding carboxylic acids is 1. The molecule has 31 heavy (non-hydrogen) atoms. The van der Waals surface area contributed by atoms with Crippen LogP contribution in [-0.2, 0) is 21.4 Å². The zero-order chi connectivity index (χ0) is 22.6. The van der Waals surface area contributed by atoms with Gasteiger partial charge in [-0.3, -0.25) is 4.79 Å². The fraction of sp³-hybridized carbons (Fsp3) is 0.174. The molecule has 0 atom stereocenters. The molecule has 3 rings (SSSR count). The van der Waals surface area contributed by atoms with Crippen molar-refractivity contribution in [1.82, 2.24) is 4.31 Å². The molecule has 0 radical (unpaired) electrons. The van der Waals surface area contributed by atoms with E-state index in [1.807, 2.05) is 56.3 Å². The maximum absolute atomic E-state index is 13.3. The molecule has 8 heteroatoms. The molecule has 0 aromatic heterocycles. The highest BCUT2D eigenvalue weighted by molar-refractivity contribution is 9.10. The number of aryl methyl sites for hydroxylation is 2. The average Bonchev–Trinajstić information content (AvgIpc) is 2.71. The van der Waals surface area contributed by atoms with Gasteiger partial charge in [0.05, 0.1) is 11.4 Å². The molecular formula is C23H22BrClN2O3S. The van der Waals surface area contributed by atoms with E-state index in [4.69, 9.17) is 11.6 Å². The highest BCUT2D eigenvalue weighted by Crippen LogP contribution is 2.22. The van der Waals surface area contributed by atoms with E-state index in [0.717, 1.165) is 21.2 Å². The fourth-order valence-corrected chi connectivity index (χ4v) is 4.85. The largest absolute Gasteiger partial charge is 0.325 e. The third-order valence-corrected chi connectivity index (χ3v) is 7.29. The lowest BCUT2D eigenvalue weighted by Gasteiger charge is -2.22. The molecule has 0 bridgehead atoms. The molecule has 0 saturated carbocycles. The topological polar surface area (TPSA) is 66.5 Å². The SMILES string of the molecule is Cc1ccc(NC(=O)CN(Cc2ccc(Br)cc2)S(=O)(=O)c2ccc(Cl)cc2)c(C)c1. The zero-order valence-corrected chi connectivity index (χ0v) is 20.3. The monoisotopic (exact) mass is 520 g/mol. The Kier molecular flexibility index (Phi) is 7.54. The molecule has 0 aliphatic heterocycles. The van der Waals surface area contributed by atoms with Gasteiger partial charge in [-0.1, -0.05) is 57.4 Å². The van der Waals surface area contributed by atoms with Crippen molar-refractivity contribution in [2.75, 3.05) is 11.9 Å². The van der Waals surface area contributed by atoms with E-state index in [0.29, 0.717) is 10.7 Å². The Bertz CT molecular complexity index is 1180. The number of amides is 1. The van der Waals surface area contributed by atoms with Crippen LogP contribution in [0.4, 0.5) is 5.69 Å². The van der Waals surface area contributed by atoms with Crippen molar-refractivity contribution in [3.05, 3.63) is 92.9 Å². The van der Waals surface area contributed by atoms with Crippen LogP contribution in [0, 0.1) is 13.8 Å². The van der Waals surface area contributed by atoms with Crippen molar-refractivity contribution < 1.29 is 13.2 Å². The maximum Gasteiger partial charge on any atom is 0.243 e. The van der Waals surface area contributed by atoms with Crippen LogP contribution in [0.2, 0.25) is 5.02 Å². The number of nitrogens with zero attached hydrogens (tertiary/aromatic N) is 1. The van der Waals surface area contributed by atoms with E-state index in [-0.39, 0.29) is 18.0 Å². The van der Waals surface area contributed by atoms with Crippen LogP contribution in [0.1, 0.15) is 16.7 Å². The van der Waals surface area contributed by atoms with Gasteiger partial charge < -0.3 is 5.32 Å². The van der Waals surface area contributed by atoms with Crippen molar-refractivity contribution in [3.63, 3.8) is 0 Å². The minimum atomic E-state index is -3.93. The smallest absolute Gasteiger partial charge is 0.243 e. The summed E-state index contributed by atoms with van der Waals surface area (Å²) in [6.07, 6.45) is 0. The predicted octanol–water partition coefficient (Wildman–Crippen LogP) is 5.55. The first-order chi connectivity index (χ1) is 14.6. The molecule has 0 fully saturated rings. The summed E-state index contributed by atoms with van der Waals surface area (Å²) in [6.45, 7) is 3.59. The second kappa shape index (κ2) is 9.96. The third kappa shape index (κ3) is 6.17. The number of carbonyl (C=O) groups is 1. The third-order valence-electron chi connectivity index (χ3n) is 4.70. The van der Waals surface area contributed by atoms with Gasteiger partial charge in [0, 0.05) is 21.7 Å². The van der Waals surface area contributed by atoms with Crippen molar-refractivity contribution in [3.8, 4) is 0 Å². The Morgan fingerprint density at radius 2 is 1.65 bits per heavy atom. The summed E-state index contributed by atoms with van der Waals surface area (Å²) < 4.78 is 28.7. The van der Waals surface area contributed by atoms with Gasteiger partial charge in [0.15, 0.2) is 0 Å². The summed E-state index contributed by atoms with van der Waals surface area (Å²) in [5.41, 5.74) is 3.41. The highest BCUT2D eigenvalue weighted by Gasteiger charge is 2.27. The van der Waals surface area contributed by atoms with Gasteiger partial charge in [-0.25, -0.2) is 8.42 Å². The van der Waals surface area contributed by atoms with Gasteiger partial charge in [-0.2, -0.15) is 4.31 Å². The van der Waals surface area contributed by atoms with Crippen molar-refractivity contribution in [1.29, 1.82) is 0 Å². The minimum Gasteiger partial charge on any atom is -0.325 e. The number of halogens is 2. The lowest BCUT2D eigenvalue weighted by molar-refractivity contribution is -0.116. The van der Waals surface area contributed by atoms with E-state index < -0.39 is 15.9 Å². The Balaban J connectivity index is 1.88. The van der Waals surface area contributed by atoms with Gasteiger partial charge in [0.25, 0.3) is 0 Å². The van der Waals surface area contributed by atoms with E-state index in [9.17, 15) is 13.2 Å². The lowest BCUT2D eigenvalue weighted by Crippen LogP contribution is -2.37. The van der Waals surface area contributed by atoms with Gasteiger partial charge in [-0.05, 0) is 67.4 Å². The van der Waals surface area contributed by atoms with E-state index >= 15 is 0 Å². The molecule has 0 heterocycles. The summed E-state index contributed by atoms with van der Waals surface area (Å²) in [7, 11) is -3.93. The molecular weight excluding hydrogens is 500 g/mol. The first-order valence-corrected chi connectivity index (χ1v) is 12.1. The van der Waals surface area contributed by atoms with Crippen LogP contribution in [0.25, 0.3) is 0 Å². The molecule has 1 amide bonds. The van der Waals surface area contributed by atoms with Crippen LogP contribution >= 0.6 is 27.5 Å². The highest BCUT2D eigenvalue weighted by atomic mass is 79.9. The molecule has 0 spiro atoms. The summed E-state index contributed by atoms with van der Waals surface area (Å²) in [5.74, 6) is -0.415. The Morgan fingerprint density at radius 3 is 2.26 bits per heavy atom. The van der Waals surface area contributed by atoms with E-state index in [1.54, 1.807) is 0 Å². The van der Waals surface area contributed by atoms with Crippen LogP contribution in [0.5, 0.6) is 0 Å². The maximum atomic E-state index is 13.3. The minimum absolute atomic E-state index is 0.0541. The van der Waals surface area contributed by atoms with Crippen LogP contribution in [-0.4, -0.2) is 25.2 Å². The summed E-state index contributed by atoms with van der Waals surface area (Å²) in [5, 5.41) is 3.26. The molecule has 3 aromatic rings. The fourth-order valence-electron chi connectivity index (χ4n) is 3.08. The molecule has 1 N–H and O–H groups in total. The summed E-state index contributed by atoms with van der Waals surface area (Å²) >= 11 is 9.28. The molecule has 0 aliphatic carbocycles. The predicted molar refractivity (Wildman–Crippen MR) is 128 cm³/mol. The van der Waals surface area contributed by atoms with E-state index in [1.165, 1.54) is 28.6 Å². The number of hydrogen-bond donors (Lipinski definition) is 1. The molecule has 0 aliphatic rings. The molecule has 5 nitrogen and oxygen atoms in total. The Labute approximate surface area is 196 Å². The summed E-state index contributed by atoms with van der Waals surface area (Å²) in [6, 6.07) is 18.9. The number of sulfonamides is 1. The van der Waals surface area contributed by atoms with Crippen LogP contribution < -0.4 is 5.32 Å². The molecule has 0 unspecified atom stereocenters. The number of anilines is 1. The molecule has 0 saturated heterocycles. The first-order valence-electron chi connectivity index (χ1n) is 9.52. The van der Waals surface area contributed by atoms with Gasteiger partial charge in [0.2, 0.25) is 15.9 Å². The molecule has 162 valence electrons. The summed E-state index contributed by atoms with van der Waals surface area (Å²) in [4.78, 5) is 12.9. The average molecular weight is 522 g/mol. The Morgan fingerprint density at radius 1 is 1.00 bits per heavy atom. The van der Waals surface area contributed by atoms with Crippen LogP contribution in [0.15, 0.2) is 76.1 Å². The number of benzene rings is 3. The lowest BCUT2D eigenvalue weighted by atomic mass is 10.1. The van der Waals surface area contributed by atoms with Crippen molar-refractivity contribution in [2.24, 2.45) is 0 Å². The number of nitrogens with one attached hydrogen (secondary N) is 1. The zero-order valence-electron chi connectivity index (χ0n) is 17.1. The van der Waals surface area contributed by atoms with Gasteiger partial charge in [-0.15, -0.1) is 0 Å². The normalized spacial score (nSPS) is 11.5. The van der Waals surface area contributed by atoms with Crippen molar-refractivity contribution >= 4 is 49.1 Å². The Hall–Kier alpha value is -2.19. The number of hydrogen-bond acceptors (Lipinski definition) is 3. The van der Waals surface area contributed by atoms with Crippen LogP contribution in [0.3, 0.4) is 0 Å². The quantitative estimate of drug-likeness (QED) is 0.443. The molecule has 3 aromatic carbocycles.